The van der Waals surface area contributed by atoms with E-state index in [1.807, 2.05) is 37.3 Å². The van der Waals surface area contributed by atoms with E-state index < -0.39 is 0 Å². The SMILES string of the molecule is CCOc1cccc(CC(CN)c2ccc(OC)cc2OC)c1. The smallest absolute Gasteiger partial charge is 0.126 e. The molecule has 0 radical (unpaired) electrons. The molecule has 4 nitrogen and oxygen atoms in total. The number of benzene rings is 2. The van der Waals surface area contributed by atoms with Crippen LogP contribution in [0.1, 0.15) is 24.0 Å². The highest BCUT2D eigenvalue weighted by Gasteiger charge is 2.16. The van der Waals surface area contributed by atoms with Gasteiger partial charge in [-0.25, -0.2) is 0 Å². The first-order valence-corrected chi connectivity index (χ1v) is 7.85. The van der Waals surface area contributed by atoms with Crippen molar-refractivity contribution in [1.82, 2.24) is 0 Å². The zero-order valence-electron chi connectivity index (χ0n) is 14.0. The molecule has 23 heavy (non-hydrogen) atoms. The minimum atomic E-state index is 0.174. The molecular weight excluding hydrogens is 290 g/mol. The largest absolute Gasteiger partial charge is 0.497 e. The molecule has 124 valence electrons. The van der Waals surface area contributed by atoms with Crippen molar-refractivity contribution in [2.24, 2.45) is 5.73 Å². The summed E-state index contributed by atoms with van der Waals surface area (Å²) < 4.78 is 16.3. The fourth-order valence-corrected chi connectivity index (χ4v) is 2.69. The average Bonchev–Trinajstić information content (AvgIpc) is 2.60. The Bertz CT molecular complexity index is 628. The molecule has 1 atom stereocenters. The molecule has 0 saturated heterocycles. The first-order valence-electron chi connectivity index (χ1n) is 7.85. The summed E-state index contributed by atoms with van der Waals surface area (Å²) >= 11 is 0. The first-order chi connectivity index (χ1) is 11.2. The van der Waals surface area contributed by atoms with Crippen LogP contribution < -0.4 is 19.9 Å². The Morgan fingerprint density at radius 2 is 1.83 bits per heavy atom. The number of rotatable bonds is 8. The fraction of sp³-hybridized carbons (Fsp3) is 0.368. The number of methoxy groups -OCH3 is 2. The second-order valence-electron chi connectivity index (χ2n) is 5.33. The van der Waals surface area contributed by atoms with Crippen molar-refractivity contribution in [2.75, 3.05) is 27.4 Å². The average molecular weight is 315 g/mol. The lowest BCUT2D eigenvalue weighted by Gasteiger charge is -2.19. The van der Waals surface area contributed by atoms with Crippen LogP contribution in [0.3, 0.4) is 0 Å². The van der Waals surface area contributed by atoms with Gasteiger partial charge in [0, 0.05) is 12.0 Å². The molecule has 0 spiro atoms. The van der Waals surface area contributed by atoms with Gasteiger partial charge in [0.15, 0.2) is 0 Å². The molecule has 0 aromatic heterocycles. The molecular formula is C19H25NO3. The van der Waals surface area contributed by atoms with Crippen LogP contribution in [0.4, 0.5) is 0 Å². The number of ether oxygens (including phenoxy) is 3. The van der Waals surface area contributed by atoms with Gasteiger partial charge >= 0.3 is 0 Å². The quantitative estimate of drug-likeness (QED) is 0.811. The van der Waals surface area contributed by atoms with Crippen molar-refractivity contribution in [3.8, 4) is 17.2 Å². The standard InChI is InChI=1S/C19H25NO3/c1-4-23-17-7-5-6-14(11-17)10-15(13-20)18-9-8-16(21-2)12-19(18)22-3/h5-9,11-12,15H,4,10,13,20H2,1-3H3. The Morgan fingerprint density at radius 1 is 1.00 bits per heavy atom. The molecule has 0 saturated carbocycles. The summed E-state index contributed by atoms with van der Waals surface area (Å²) in [7, 11) is 3.32. The Morgan fingerprint density at radius 3 is 2.48 bits per heavy atom. The lowest BCUT2D eigenvalue weighted by molar-refractivity contribution is 0.340. The van der Waals surface area contributed by atoms with E-state index >= 15 is 0 Å². The van der Waals surface area contributed by atoms with Gasteiger partial charge in [0.05, 0.1) is 20.8 Å². The van der Waals surface area contributed by atoms with Crippen LogP contribution in [0.25, 0.3) is 0 Å². The van der Waals surface area contributed by atoms with E-state index in [-0.39, 0.29) is 5.92 Å². The minimum Gasteiger partial charge on any atom is -0.497 e. The normalized spacial score (nSPS) is 11.8. The van der Waals surface area contributed by atoms with Crippen molar-refractivity contribution in [3.63, 3.8) is 0 Å². The summed E-state index contributed by atoms with van der Waals surface area (Å²) in [6, 6.07) is 14.0. The summed E-state index contributed by atoms with van der Waals surface area (Å²) in [4.78, 5) is 0. The molecule has 2 aromatic rings. The zero-order chi connectivity index (χ0) is 16.7. The highest BCUT2D eigenvalue weighted by molar-refractivity contribution is 5.44. The molecule has 1 unspecified atom stereocenters. The Labute approximate surface area is 138 Å². The molecule has 2 N–H and O–H groups in total. The summed E-state index contributed by atoms with van der Waals surface area (Å²) in [6.07, 6.45) is 0.833. The maximum Gasteiger partial charge on any atom is 0.126 e. The van der Waals surface area contributed by atoms with Gasteiger partial charge in [-0.3, -0.25) is 0 Å². The number of hydrogen-bond acceptors (Lipinski definition) is 4. The van der Waals surface area contributed by atoms with Gasteiger partial charge in [0.25, 0.3) is 0 Å². The van der Waals surface area contributed by atoms with E-state index in [0.717, 1.165) is 29.2 Å². The molecule has 0 aliphatic rings. The molecule has 0 aliphatic heterocycles. The number of nitrogens with two attached hydrogens (primary N) is 1. The summed E-state index contributed by atoms with van der Waals surface area (Å²) in [5.41, 5.74) is 8.32. The van der Waals surface area contributed by atoms with Gasteiger partial charge in [-0.1, -0.05) is 18.2 Å². The highest BCUT2D eigenvalue weighted by Crippen LogP contribution is 2.32. The van der Waals surface area contributed by atoms with Gasteiger partial charge in [-0.15, -0.1) is 0 Å². The van der Waals surface area contributed by atoms with Crippen molar-refractivity contribution in [3.05, 3.63) is 53.6 Å². The van der Waals surface area contributed by atoms with Crippen LogP contribution in [0.2, 0.25) is 0 Å². The molecule has 2 aromatic carbocycles. The maximum atomic E-state index is 6.03. The molecule has 0 fully saturated rings. The lowest BCUT2D eigenvalue weighted by atomic mass is 9.91. The molecule has 4 heteroatoms. The fourth-order valence-electron chi connectivity index (χ4n) is 2.69. The van der Waals surface area contributed by atoms with E-state index in [4.69, 9.17) is 19.9 Å². The van der Waals surface area contributed by atoms with Gasteiger partial charge in [0.1, 0.15) is 17.2 Å². The topological polar surface area (TPSA) is 53.7 Å². The molecule has 0 amide bonds. The van der Waals surface area contributed by atoms with Crippen LogP contribution in [0.5, 0.6) is 17.2 Å². The van der Waals surface area contributed by atoms with Crippen LogP contribution in [-0.2, 0) is 6.42 Å². The Kier molecular flexibility index (Phi) is 6.29. The molecule has 0 heterocycles. The van der Waals surface area contributed by atoms with Crippen LogP contribution in [0, 0.1) is 0 Å². The Balaban J connectivity index is 2.24. The van der Waals surface area contributed by atoms with Gasteiger partial charge in [-0.2, -0.15) is 0 Å². The molecule has 0 aliphatic carbocycles. The van der Waals surface area contributed by atoms with Crippen LogP contribution >= 0.6 is 0 Å². The zero-order valence-corrected chi connectivity index (χ0v) is 14.0. The predicted octanol–water partition coefficient (Wildman–Crippen LogP) is 3.39. The van der Waals surface area contributed by atoms with E-state index in [1.165, 1.54) is 5.56 Å². The van der Waals surface area contributed by atoms with Crippen molar-refractivity contribution < 1.29 is 14.2 Å². The minimum absolute atomic E-state index is 0.174. The number of hydrogen-bond donors (Lipinski definition) is 1. The summed E-state index contributed by atoms with van der Waals surface area (Å²) in [6.45, 7) is 3.19. The van der Waals surface area contributed by atoms with E-state index in [0.29, 0.717) is 13.2 Å². The third-order valence-electron chi connectivity index (χ3n) is 3.86. The van der Waals surface area contributed by atoms with Crippen molar-refractivity contribution in [1.29, 1.82) is 0 Å². The van der Waals surface area contributed by atoms with Crippen molar-refractivity contribution in [2.45, 2.75) is 19.3 Å². The summed E-state index contributed by atoms with van der Waals surface area (Å²) in [5.74, 6) is 2.65. The monoisotopic (exact) mass is 315 g/mol. The maximum absolute atomic E-state index is 6.03. The third-order valence-corrected chi connectivity index (χ3v) is 3.86. The Hall–Kier alpha value is -2.20. The lowest BCUT2D eigenvalue weighted by Crippen LogP contribution is -2.16. The third kappa shape index (κ3) is 4.39. The first kappa shape index (κ1) is 17.2. The van der Waals surface area contributed by atoms with E-state index in [2.05, 4.69) is 12.1 Å². The van der Waals surface area contributed by atoms with Crippen LogP contribution in [0.15, 0.2) is 42.5 Å². The van der Waals surface area contributed by atoms with Gasteiger partial charge in [-0.05, 0) is 49.2 Å². The van der Waals surface area contributed by atoms with Gasteiger partial charge in [0.2, 0.25) is 0 Å². The molecule has 0 bridgehead atoms. The highest BCUT2D eigenvalue weighted by atomic mass is 16.5. The van der Waals surface area contributed by atoms with E-state index in [1.54, 1.807) is 14.2 Å². The summed E-state index contributed by atoms with van der Waals surface area (Å²) in [5, 5.41) is 0. The van der Waals surface area contributed by atoms with E-state index in [9.17, 15) is 0 Å². The molecule has 2 rings (SSSR count). The van der Waals surface area contributed by atoms with Crippen LogP contribution in [-0.4, -0.2) is 27.4 Å². The van der Waals surface area contributed by atoms with Gasteiger partial charge < -0.3 is 19.9 Å². The predicted molar refractivity (Wildman–Crippen MR) is 92.7 cm³/mol. The second kappa shape index (κ2) is 8.44. The van der Waals surface area contributed by atoms with Crippen molar-refractivity contribution >= 4 is 0 Å². The second-order valence-corrected chi connectivity index (χ2v) is 5.33.